The topological polar surface area (TPSA) is 96.0 Å². The van der Waals surface area contributed by atoms with Gasteiger partial charge in [0.1, 0.15) is 24.2 Å². The monoisotopic (exact) mass is 583 g/mol. The van der Waals surface area contributed by atoms with Gasteiger partial charge in [0.25, 0.3) is 10.0 Å². The van der Waals surface area contributed by atoms with E-state index in [9.17, 15) is 22.4 Å². The van der Waals surface area contributed by atoms with Gasteiger partial charge in [-0.15, -0.1) is 0 Å². The van der Waals surface area contributed by atoms with E-state index in [1.165, 1.54) is 17.0 Å². The van der Waals surface area contributed by atoms with Crippen molar-refractivity contribution >= 4 is 27.5 Å². The lowest BCUT2D eigenvalue weighted by Crippen LogP contribution is -2.53. The van der Waals surface area contributed by atoms with Crippen molar-refractivity contribution in [2.75, 3.05) is 18.0 Å². The number of carbonyl (C=O) groups excluding carboxylic acids is 2. The molecule has 0 aliphatic heterocycles. The average molecular weight is 584 g/mol. The van der Waals surface area contributed by atoms with Crippen LogP contribution in [0.1, 0.15) is 44.7 Å². The second kappa shape index (κ2) is 14.1. The van der Waals surface area contributed by atoms with Crippen LogP contribution in [-0.2, 0) is 26.2 Å². The number of methoxy groups -OCH3 is 1. The standard InChI is InChI=1S/C31H38FN3O5S/c1-6-23(4)33-31(37)29(7-2)34(20-24-10-16-27(40-5)17-11-24)30(36)21-35(26-14-8-22(3)9-15-26)41(38,39)28-18-12-25(32)13-19-28/h8-19,23,29H,6-7,20-21H2,1-5H3,(H,33,37)/t23-,29+/m1/s1. The number of amides is 2. The van der Waals surface area contributed by atoms with Crippen LogP contribution < -0.4 is 14.4 Å². The molecule has 3 rings (SSSR count). The molecule has 0 radical (unpaired) electrons. The number of rotatable bonds is 13. The molecular weight excluding hydrogens is 545 g/mol. The highest BCUT2D eigenvalue weighted by molar-refractivity contribution is 7.92. The summed E-state index contributed by atoms with van der Waals surface area (Å²) < 4.78 is 47.5. The minimum absolute atomic E-state index is 0.0770. The van der Waals surface area contributed by atoms with E-state index >= 15 is 0 Å². The Bertz CT molecular complexity index is 1410. The Labute approximate surface area is 242 Å². The number of halogens is 1. The lowest BCUT2D eigenvalue weighted by atomic mass is 10.1. The lowest BCUT2D eigenvalue weighted by molar-refractivity contribution is -0.140. The first-order chi connectivity index (χ1) is 19.5. The molecule has 0 spiro atoms. The van der Waals surface area contributed by atoms with Crippen LogP contribution in [0.25, 0.3) is 0 Å². The zero-order valence-electron chi connectivity index (χ0n) is 24.1. The molecule has 0 aliphatic carbocycles. The third-order valence-corrected chi connectivity index (χ3v) is 8.69. The highest BCUT2D eigenvalue weighted by Gasteiger charge is 2.34. The fourth-order valence-electron chi connectivity index (χ4n) is 4.26. The molecule has 0 fully saturated rings. The zero-order valence-corrected chi connectivity index (χ0v) is 24.9. The van der Waals surface area contributed by atoms with Gasteiger partial charge in [0.05, 0.1) is 17.7 Å². The molecule has 0 aromatic heterocycles. The summed E-state index contributed by atoms with van der Waals surface area (Å²) in [5, 5.41) is 2.95. The average Bonchev–Trinajstić information content (AvgIpc) is 2.96. The second-order valence-electron chi connectivity index (χ2n) is 9.91. The van der Waals surface area contributed by atoms with Crippen LogP contribution in [-0.4, -0.2) is 50.9 Å². The normalized spacial score (nSPS) is 12.7. The Morgan fingerprint density at radius 3 is 2.07 bits per heavy atom. The van der Waals surface area contributed by atoms with E-state index in [2.05, 4.69) is 5.32 Å². The molecule has 0 unspecified atom stereocenters. The Morgan fingerprint density at radius 1 is 0.927 bits per heavy atom. The number of hydrogen-bond acceptors (Lipinski definition) is 5. The van der Waals surface area contributed by atoms with E-state index in [1.807, 2.05) is 27.7 Å². The Balaban J connectivity index is 2.05. The molecule has 0 heterocycles. The number of nitrogens with zero attached hydrogens (tertiary/aromatic N) is 2. The van der Waals surface area contributed by atoms with Gasteiger partial charge in [-0.05, 0) is 80.8 Å². The Morgan fingerprint density at radius 2 is 1.54 bits per heavy atom. The van der Waals surface area contributed by atoms with Crippen LogP contribution >= 0.6 is 0 Å². The minimum Gasteiger partial charge on any atom is -0.497 e. The molecule has 0 saturated carbocycles. The molecule has 220 valence electrons. The number of carbonyl (C=O) groups is 2. The fraction of sp³-hybridized carbons (Fsp3) is 0.355. The van der Waals surface area contributed by atoms with Crippen molar-refractivity contribution in [3.05, 3.63) is 89.7 Å². The first-order valence-electron chi connectivity index (χ1n) is 13.6. The number of ether oxygens (including phenoxy) is 1. The summed E-state index contributed by atoms with van der Waals surface area (Å²) >= 11 is 0. The molecule has 2 amide bonds. The molecule has 3 aromatic rings. The van der Waals surface area contributed by atoms with Crippen molar-refractivity contribution in [3.63, 3.8) is 0 Å². The third-order valence-electron chi connectivity index (χ3n) is 6.90. The van der Waals surface area contributed by atoms with Gasteiger partial charge in [-0.2, -0.15) is 0 Å². The minimum atomic E-state index is -4.27. The molecule has 1 N–H and O–H groups in total. The highest BCUT2D eigenvalue weighted by atomic mass is 32.2. The maximum absolute atomic E-state index is 14.1. The predicted octanol–water partition coefficient (Wildman–Crippen LogP) is 5.06. The SMILES string of the molecule is CC[C@@H](C)NC(=O)[C@H](CC)N(Cc1ccc(OC)cc1)C(=O)CN(c1ccc(C)cc1)S(=O)(=O)c1ccc(F)cc1. The van der Waals surface area contributed by atoms with E-state index in [1.54, 1.807) is 55.6 Å². The van der Waals surface area contributed by atoms with E-state index in [0.717, 1.165) is 27.6 Å². The summed E-state index contributed by atoms with van der Waals surface area (Å²) in [6.45, 7) is 7.02. The first kappa shape index (κ1) is 31.6. The van der Waals surface area contributed by atoms with Crippen LogP contribution in [0.15, 0.2) is 77.7 Å². The molecular formula is C31H38FN3O5S. The van der Waals surface area contributed by atoms with Crippen LogP contribution in [0.5, 0.6) is 5.75 Å². The predicted molar refractivity (Wildman–Crippen MR) is 158 cm³/mol. The van der Waals surface area contributed by atoms with Gasteiger partial charge in [0, 0.05) is 12.6 Å². The van der Waals surface area contributed by atoms with Crippen LogP contribution in [0.3, 0.4) is 0 Å². The Hall–Kier alpha value is -3.92. The maximum Gasteiger partial charge on any atom is 0.264 e. The summed E-state index contributed by atoms with van der Waals surface area (Å²) in [4.78, 5) is 28.7. The summed E-state index contributed by atoms with van der Waals surface area (Å²) in [5.74, 6) is -0.806. The van der Waals surface area contributed by atoms with Crippen molar-refractivity contribution in [2.24, 2.45) is 0 Å². The van der Waals surface area contributed by atoms with Crippen molar-refractivity contribution in [2.45, 2.75) is 64.1 Å². The summed E-state index contributed by atoms with van der Waals surface area (Å²) in [5.41, 5.74) is 1.93. The van der Waals surface area contributed by atoms with Gasteiger partial charge in [0.2, 0.25) is 11.8 Å². The van der Waals surface area contributed by atoms with Crippen molar-refractivity contribution in [3.8, 4) is 5.75 Å². The number of hydrogen-bond donors (Lipinski definition) is 1. The molecule has 8 nitrogen and oxygen atoms in total. The van der Waals surface area contributed by atoms with Crippen LogP contribution in [0, 0.1) is 12.7 Å². The number of anilines is 1. The van der Waals surface area contributed by atoms with E-state index in [0.29, 0.717) is 18.6 Å². The molecule has 2 atom stereocenters. The van der Waals surface area contributed by atoms with Crippen LogP contribution in [0.2, 0.25) is 0 Å². The largest absolute Gasteiger partial charge is 0.497 e. The second-order valence-corrected chi connectivity index (χ2v) is 11.8. The van der Waals surface area contributed by atoms with Crippen molar-refractivity contribution in [1.82, 2.24) is 10.2 Å². The molecule has 0 aliphatic rings. The van der Waals surface area contributed by atoms with Gasteiger partial charge in [-0.25, -0.2) is 12.8 Å². The Kier molecular flexibility index (Phi) is 10.9. The smallest absolute Gasteiger partial charge is 0.264 e. The summed E-state index contributed by atoms with van der Waals surface area (Å²) in [6.07, 6.45) is 1.03. The molecule has 10 heteroatoms. The van der Waals surface area contributed by atoms with Gasteiger partial charge in [-0.3, -0.25) is 13.9 Å². The summed E-state index contributed by atoms with van der Waals surface area (Å²) in [7, 11) is -2.71. The van der Waals surface area contributed by atoms with Crippen molar-refractivity contribution in [1.29, 1.82) is 0 Å². The summed E-state index contributed by atoms with van der Waals surface area (Å²) in [6, 6.07) is 17.4. The third kappa shape index (κ3) is 8.07. The number of aryl methyl sites for hydroxylation is 1. The lowest BCUT2D eigenvalue weighted by Gasteiger charge is -2.33. The quantitative estimate of drug-likeness (QED) is 0.304. The molecule has 41 heavy (non-hydrogen) atoms. The van der Waals surface area contributed by atoms with Gasteiger partial charge < -0.3 is 15.0 Å². The molecule has 0 bridgehead atoms. The maximum atomic E-state index is 14.1. The fourth-order valence-corrected chi connectivity index (χ4v) is 5.68. The molecule has 3 aromatic carbocycles. The van der Waals surface area contributed by atoms with E-state index in [4.69, 9.17) is 4.74 Å². The van der Waals surface area contributed by atoms with Gasteiger partial charge in [-0.1, -0.05) is 43.7 Å². The van der Waals surface area contributed by atoms with Crippen LogP contribution in [0.4, 0.5) is 10.1 Å². The molecule has 0 saturated heterocycles. The van der Waals surface area contributed by atoms with Gasteiger partial charge in [0.15, 0.2) is 0 Å². The zero-order chi connectivity index (χ0) is 30.2. The first-order valence-corrected chi connectivity index (χ1v) is 15.0. The van der Waals surface area contributed by atoms with Gasteiger partial charge >= 0.3 is 0 Å². The number of sulfonamides is 1. The number of benzene rings is 3. The van der Waals surface area contributed by atoms with E-state index < -0.39 is 34.3 Å². The highest BCUT2D eigenvalue weighted by Crippen LogP contribution is 2.26. The van der Waals surface area contributed by atoms with Crippen molar-refractivity contribution < 1.29 is 27.1 Å². The number of nitrogens with one attached hydrogen (secondary N) is 1. The van der Waals surface area contributed by atoms with E-state index in [-0.39, 0.29) is 29.1 Å².